The van der Waals surface area contributed by atoms with Crippen LogP contribution < -0.4 is 10.1 Å². The van der Waals surface area contributed by atoms with E-state index in [9.17, 15) is 18.0 Å². The normalized spacial score (nSPS) is 22.2. The van der Waals surface area contributed by atoms with Gasteiger partial charge < -0.3 is 14.8 Å². The second kappa shape index (κ2) is 9.85. The Morgan fingerprint density at radius 2 is 1.85 bits per heavy atom. The van der Waals surface area contributed by atoms with Crippen LogP contribution >= 0.6 is 0 Å². The van der Waals surface area contributed by atoms with Crippen molar-refractivity contribution in [3.8, 4) is 5.75 Å². The standard InChI is InChI=1S/C24H34N2O6S/c1-16(2)13-18-22(24(18,3)4)23(28)32-15-21(27)25-17-9-10-19(31-5)20(14-17)33(29,30)26-11-7-6-8-12-26/h9-10,13-14,18,22H,6-8,11-12,15H2,1-5H3,(H,25,27). The second-order valence-electron chi connectivity index (χ2n) is 9.56. The predicted octanol–water partition coefficient (Wildman–Crippen LogP) is 3.59. The number of allylic oxidation sites excluding steroid dienone is 2. The van der Waals surface area contributed by atoms with Crippen LogP contribution in [0.4, 0.5) is 5.69 Å². The van der Waals surface area contributed by atoms with Gasteiger partial charge in [-0.1, -0.05) is 31.9 Å². The zero-order valence-corrected chi connectivity index (χ0v) is 20.8. The van der Waals surface area contributed by atoms with E-state index < -0.39 is 28.5 Å². The summed E-state index contributed by atoms with van der Waals surface area (Å²) in [5, 5.41) is 2.62. The van der Waals surface area contributed by atoms with Gasteiger partial charge >= 0.3 is 5.97 Å². The summed E-state index contributed by atoms with van der Waals surface area (Å²) in [5.41, 5.74) is 1.23. The number of rotatable bonds is 8. The van der Waals surface area contributed by atoms with E-state index in [4.69, 9.17) is 9.47 Å². The lowest BCUT2D eigenvalue weighted by Crippen LogP contribution is -2.35. The molecule has 0 aromatic heterocycles. The lowest BCUT2D eigenvalue weighted by atomic mass is 10.1. The first-order valence-electron chi connectivity index (χ1n) is 11.3. The molecule has 0 radical (unpaired) electrons. The topological polar surface area (TPSA) is 102 Å². The van der Waals surface area contributed by atoms with Crippen molar-refractivity contribution in [1.29, 1.82) is 0 Å². The van der Waals surface area contributed by atoms with Gasteiger partial charge in [0.25, 0.3) is 5.91 Å². The number of nitrogens with one attached hydrogen (secondary N) is 1. The first-order valence-corrected chi connectivity index (χ1v) is 12.7. The number of piperidine rings is 1. The number of hydrogen-bond acceptors (Lipinski definition) is 6. The van der Waals surface area contributed by atoms with E-state index in [1.54, 1.807) is 6.07 Å². The van der Waals surface area contributed by atoms with Gasteiger partial charge in [0.2, 0.25) is 10.0 Å². The summed E-state index contributed by atoms with van der Waals surface area (Å²) in [7, 11) is -2.35. The fourth-order valence-corrected chi connectivity index (χ4v) is 6.12. The molecule has 0 bridgehead atoms. The molecule has 1 saturated carbocycles. The van der Waals surface area contributed by atoms with Gasteiger partial charge in [0.1, 0.15) is 10.6 Å². The van der Waals surface area contributed by atoms with Crippen LogP contribution in [0.1, 0.15) is 47.0 Å². The average molecular weight is 479 g/mol. The number of nitrogens with zero attached hydrogens (tertiary/aromatic N) is 1. The number of hydrogen-bond donors (Lipinski definition) is 1. The van der Waals surface area contributed by atoms with Gasteiger partial charge in [0.15, 0.2) is 6.61 Å². The quantitative estimate of drug-likeness (QED) is 0.453. The maximum Gasteiger partial charge on any atom is 0.310 e. The van der Waals surface area contributed by atoms with Crippen molar-refractivity contribution >= 4 is 27.6 Å². The number of sulfonamides is 1. The number of carbonyl (C=O) groups excluding carboxylic acids is 2. The summed E-state index contributed by atoms with van der Waals surface area (Å²) >= 11 is 0. The highest BCUT2D eigenvalue weighted by Gasteiger charge is 2.61. The Labute approximate surface area is 196 Å². The van der Waals surface area contributed by atoms with E-state index in [-0.39, 0.29) is 27.9 Å². The Morgan fingerprint density at radius 1 is 1.18 bits per heavy atom. The minimum Gasteiger partial charge on any atom is -0.495 e. The number of amides is 1. The maximum atomic E-state index is 13.1. The second-order valence-corrected chi connectivity index (χ2v) is 11.5. The Hall–Kier alpha value is -2.39. The van der Waals surface area contributed by atoms with Crippen molar-refractivity contribution < 1.29 is 27.5 Å². The molecule has 2 fully saturated rings. The van der Waals surface area contributed by atoms with E-state index >= 15 is 0 Å². The molecule has 2 unspecified atom stereocenters. The van der Waals surface area contributed by atoms with Gasteiger partial charge in [0, 0.05) is 18.8 Å². The zero-order valence-electron chi connectivity index (χ0n) is 20.0. The van der Waals surface area contributed by atoms with Gasteiger partial charge in [-0.2, -0.15) is 4.31 Å². The number of benzene rings is 1. The molecule has 1 aromatic rings. The third kappa shape index (κ3) is 5.58. The molecule has 1 aliphatic carbocycles. The Kier molecular flexibility index (Phi) is 7.53. The van der Waals surface area contributed by atoms with Crippen LogP contribution in [0.2, 0.25) is 0 Å². The SMILES string of the molecule is COc1ccc(NC(=O)COC(=O)C2C(C=C(C)C)C2(C)C)cc1S(=O)(=O)N1CCCCC1. The molecule has 182 valence electrons. The fourth-order valence-electron chi connectivity index (χ4n) is 4.42. The molecule has 2 aliphatic rings. The lowest BCUT2D eigenvalue weighted by Gasteiger charge is -2.26. The van der Waals surface area contributed by atoms with Crippen molar-refractivity contribution in [3.63, 3.8) is 0 Å². The third-order valence-electron chi connectivity index (χ3n) is 6.40. The van der Waals surface area contributed by atoms with E-state index in [0.29, 0.717) is 18.8 Å². The van der Waals surface area contributed by atoms with Crippen LogP contribution in [0, 0.1) is 17.3 Å². The number of esters is 1. The molecule has 1 aromatic carbocycles. The Morgan fingerprint density at radius 3 is 2.45 bits per heavy atom. The van der Waals surface area contributed by atoms with Crippen LogP contribution in [-0.2, 0) is 24.3 Å². The maximum absolute atomic E-state index is 13.1. The van der Waals surface area contributed by atoms with E-state index in [0.717, 1.165) is 24.8 Å². The van der Waals surface area contributed by atoms with Crippen LogP contribution in [0.3, 0.4) is 0 Å². The number of carbonyl (C=O) groups is 2. The van der Waals surface area contributed by atoms with Gasteiger partial charge in [-0.3, -0.25) is 9.59 Å². The molecule has 3 rings (SSSR count). The largest absolute Gasteiger partial charge is 0.495 e. The number of ether oxygens (including phenoxy) is 2. The van der Waals surface area contributed by atoms with Crippen molar-refractivity contribution in [2.75, 3.05) is 32.1 Å². The Bertz CT molecular complexity index is 1040. The molecule has 1 heterocycles. The van der Waals surface area contributed by atoms with Crippen molar-refractivity contribution in [2.24, 2.45) is 17.3 Å². The molecule has 1 N–H and O–H groups in total. The minimum absolute atomic E-state index is 0.00555. The van der Waals surface area contributed by atoms with Crippen molar-refractivity contribution in [2.45, 2.75) is 51.9 Å². The van der Waals surface area contributed by atoms with E-state index in [1.165, 1.54) is 23.5 Å². The first kappa shape index (κ1) is 25.2. The summed E-state index contributed by atoms with van der Waals surface area (Å²) in [5.74, 6) is -0.899. The van der Waals surface area contributed by atoms with Gasteiger partial charge in [-0.05, 0) is 56.2 Å². The molecule has 0 spiro atoms. The summed E-state index contributed by atoms with van der Waals surface area (Å²) in [6.45, 7) is 8.47. The van der Waals surface area contributed by atoms with Crippen molar-refractivity contribution in [1.82, 2.24) is 4.31 Å². The molecule has 33 heavy (non-hydrogen) atoms. The van der Waals surface area contributed by atoms with Crippen molar-refractivity contribution in [3.05, 3.63) is 29.8 Å². The highest BCUT2D eigenvalue weighted by molar-refractivity contribution is 7.89. The lowest BCUT2D eigenvalue weighted by molar-refractivity contribution is -0.149. The van der Waals surface area contributed by atoms with Crippen LogP contribution in [0.25, 0.3) is 0 Å². The minimum atomic E-state index is -3.75. The van der Waals surface area contributed by atoms with Gasteiger partial charge in [0.05, 0.1) is 13.0 Å². The predicted molar refractivity (Wildman–Crippen MR) is 125 cm³/mol. The molecule has 2 atom stereocenters. The summed E-state index contributed by atoms with van der Waals surface area (Å²) in [6, 6.07) is 4.45. The van der Waals surface area contributed by atoms with E-state index in [2.05, 4.69) is 11.4 Å². The molecule has 8 nitrogen and oxygen atoms in total. The highest BCUT2D eigenvalue weighted by atomic mass is 32.2. The summed E-state index contributed by atoms with van der Waals surface area (Å²) in [6.07, 6.45) is 4.70. The van der Waals surface area contributed by atoms with Gasteiger partial charge in [-0.25, -0.2) is 8.42 Å². The van der Waals surface area contributed by atoms with Crippen LogP contribution in [-0.4, -0.2) is 51.4 Å². The molecule has 1 saturated heterocycles. The van der Waals surface area contributed by atoms with Gasteiger partial charge in [-0.15, -0.1) is 0 Å². The summed E-state index contributed by atoms with van der Waals surface area (Å²) < 4.78 is 38.2. The fraction of sp³-hybridized carbons (Fsp3) is 0.583. The molecule has 1 aliphatic heterocycles. The van der Waals surface area contributed by atoms with Crippen LogP contribution in [0.5, 0.6) is 5.75 Å². The smallest absolute Gasteiger partial charge is 0.310 e. The monoisotopic (exact) mass is 478 g/mol. The number of methoxy groups -OCH3 is 1. The highest BCUT2D eigenvalue weighted by Crippen LogP contribution is 2.59. The van der Waals surface area contributed by atoms with E-state index in [1.807, 2.05) is 27.7 Å². The van der Waals surface area contributed by atoms with Crippen LogP contribution in [0.15, 0.2) is 34.7 Å². The number of anilines is 1. The molecular weight excluding hydrogens is 444 g/mol. The molecule has 1 amide bonds. The summed E-state index contributed by atoms with van der Waals surface area (Å²) in [4.78, 5) is 24.9. The molecule has 9 heteroatoms. The Balaban J connectivity index is 1.65. The third-order valence-corrected chi connectivity index (χ3v) is 8.32. The first-order chi connectivity index (χ1) is 15.5. The molecular formula is C24H34N2O6S. The average Bonchev–Trinajstić information content (AvgIpc) is 3.31. The zero-order chi connectivity index (χ0) is 24.4.